The molecule has 1 fully saturated rings. The molecule has 3 heteroatoms. The second kappa shape index (κ2) is 7.08. The van der Waals surface area contributed by atoms with Crippen LogP contribution in [0.5, 0.6) is 0 Å². The zero-order valence-corrected chi connectivity index (χ0v) is 13.8. The molecule has 1 atom stereocenters. The SMILES string of the molecule is Cc1cc(C)c(NC(=O)[C@H](C)N2CCCCCC2)c(C)c1. The Morgan fingerprint density at radius 1 is 1.05 bits per heavy atom. The maximum absolute atomic E-state index is 12.6. The maximum Gasteiger partial charge on any atom is 0.241 e. The van der Waals surface area contributed by atoms with Gasteiger partial charge in [0.2, 0.25) is 5.91 Å². The number of hydrogen-bond acceptors (Lipinski definition) is 2. The van der Waals surface area contributed by atoms with E-state index < -0.39 is 0 Å². The Labute approximate surface area is 128 Å². The Morgan fingerprint density at radius 3 is 2.10 bits per heavy atom. The van der Waals surface area contributed by atoms with Gasteiger partial charge in [0.25, 0.3) is 0 Å². The summed E-state index contributed by atoms with van der Waals surface area (Å²) in [6.07, 6.45) is 5.00. The van der Waals surface area contributed by atoms with Crippen molar-refractivity contribution in [1.82, 2.24) is 4.90 Å². The van der Waals surface area contributed by atoms with Gasteiger partial charge in [-0.2, -0.15) is 0 Å². The molecule has 0 bridgehead atoms. The lowest BCUT2D eigenvalue weighted by Crippen LogP contribution is -2.42. The van der Waals surface area contributed by atoms with Crippen molar-refractivity contribution in [3.8, 4) is 0 Å². The number of carbonyl (C=O) groups excluding carboxylic acids is 1. The monoisotopic (exact) mass is 288 g/mol. The summed E-state index contributed by atoms with van der Waals surface area (Å²) >= 11 is 0. The molecule has 0 unspecified atom stereocenters. The summed E-state index contributed by atoms with van der Waals surface area (Å²) in [5.41, 5.74) is 4.50. The van der Waals surface area contributed by atoms with Gasteiger partial charge < -0.3 is 5.32 Å². The molecular formula is C18H28N2O. The Morgan fingerprint density at radius 2 is 1.57 bits per heavy atom. The first-order valence-electron chi connectivity index (χ1n) is 8.12. The summed E-state index contributed by atoms with van der Waals surface area (Å²) in [4.78, 5) is 14.9. The number of rotatable bonds is 3. The third-order valence-corrected chi connectivity index (χ3v) is 4.49. The minimum atomic E-state index is -0.0526. The summed E-state index contributed by atoms with van der Waals surface area (Å²) < 4.78 is 0. The van der Waals surface area contributed by atoms with E-state index in [1.807, 2.05) is 6.92 Å². The van der Waals surface area contributed by atoms with E-state index in [2.05, 4.69) is 43.1 Å². The van der Waals surface area contributed by atoms with Gasteiger partial charge >= 0.3 is 0 Å². The summed E-state index contributed by atoms with van der Waals surface area (Å²) in [7, 11) is 0. The molecule has 0 spiro atoms. The van der Waals surface area contributed by atoms with Crippen molar-refractivity contribution in [2.75, 3.05) is 18.4 Å². The lowest BCUT2D eigenvalue weighted by atomic mass is 10.0. The third-order valence-electron chi connectivity index (χ3n) is 4.49. The van der Waals surface area contributed by atoms with Crippen molar-refractivity contribution >= 4 is 11.6 Å². The molecule has 1 amide bonds. The number of anilines is 1. The fourth-order valence-electron chi connectivity index (χ4n) is 3.25. The van der Waals surface area contributed by atoms with Crippen molar-refractivity contribution in [2.24, 2.45) is 0 Å². The predicted octanol–water partition coefficient (Wildman–Crippen LogP) is 3.81. The van der Waals surface area contributed by atoms with Crippen LogP contribution in [0.15, 0.2) is 12.1 Å². The van der Waals surface area contributed by atoms with Crippen LogP contribution < -0.4 is 5.32 Å². The number of benzene rings is 1. The van der Waals surface area contributed by atoms with E-state index in [9.17, 15) is 4.79 Å². The maximum atomic E-state index is 12.6. The molecule has 1 aromatic carbocycles. The lowest BCUT2D eigenvalue weighted by Gasteiger charge is -2.27. The highest BCUT2D eigenvalue weighted by Crippen LogP contribution is 2.22. The number of hydrogen-bond donors (Lipinski definition) is 1. The zero-order chi connectivity index (χ0) is 15.4. The third kappa shape index (κ3) is 4.07. The first-order chi connectivity index (χ1) is 9.99. The van der Waals surface area contributed by atoms with E-state index in [1.54, 1.807) is 0 Å². The van der Waals surface area contributed by atoms with E-state index in [0.717, 1.165) is 29.9 Å². The molecule has 21 heavy (non-hydrogen) atoms. The van der Waals surface area contributed by atoms with Crippen LogP contribution in [0.3, 0.4) is 0 Å². The van der Waals surface area contributed by atoms with Crippen LogP contribution in [-0.4, -0.2) is 29.9 Å². The highest BCUT2D eigenvalue weighted by Gasteiger charge is 2.22. The quantitative estimate of drug-likeness (QED) is 0.917. The first-order valence-corrected chi connectivity index (χ1v) is 8.12. The molecule has 1 saturated heterocycles. The minimum absolute atomic E-state index is 0.0526. The van der Waals surface area contributed by atoms with Crippen molar-refractivity contribution in [2.45, 2.75) is 59.4 Å². The van der Waals surface area contributed by atoms with Crippen molar-refractivity contribution in [3.63, 3.8) is 0 Å². The number of carbonyl (C=O) groups is 1. The van der Waals surface area contributed by atoms with Crippen LogP contribution in [-0.2, 0) is 4.79 Å². The largest absolute Gasteiger partial charge is 0.324 e. The molecule has 0 saturated carbocycles. The second-order valence-corrected chi connectivity index (χ2v) is 6.39. The van der Waals surface area contributed by atoms with E-state index in [-0.39, 0.29) is 11.9 Å². The standard InChI is InChI=1S/C18H28N2O/c1-13-11-14(2)17(15(3)12-13)19-18(21)16(4)20-9-7-5-6-8-10-20/h11-12,16H,5-10H2,1-4H3,(H,19,21)/t16-/m0/s1. The Balaban J connectivity index is 2.06. The smallest absolute Gasteiger partial charge is 0.241 e. The molecule has 0 radical (unpaired) electrons. The average Bonchev–Trinajstić information content (AvgIpc) is 2.70. The van der Waals surface area contributed by atoms with Gasteiger partial charge in [0.15, 0.2) is 0 Å². The van der Waals surface area contributed by atoms with Crippen LogP contribution >= 0.6 is 0 Å². The van der Waals surface area contributed by atoms with Crippen LogP contribution in [0.4, 0.5) is 5.69 Å². The van der Waals surface area contributed by atoms with Gasteiger partial charge in [0.05, 0.1) is 6.04 Å². The fraction of sp³-hybridized carbons (Fsp3) is 0.611. The minimum Gasteiger partial charge on any atom is -0.324 e. The van der Waals surface area contributed by atoms with Crippen molar-refractivity contribution < 1.29 is 4.79 Å². The highest BCUT2D eigenvalue weighted by atomic mass is 16.2. The number of likely N-dealkylation sites (tertiary alicyclic amines) is 1. The van der Waals surface area contributed by atoms with Crippen LogP contribution in [0.2, 0.25) is 0 Å². The number of nitrogens with zero attached hydrogens (tertiary/aromatic N) is 1. The molecular weight excluding hydrogens is 260 g/mol. The molecule has 1 N–H and O–H groups in total. The van der Waals surface area contributed by atoms with Crippen molar-refractivity contribution in [3.05, 3.63) is 28.8 Å². The molecule has 1 aromatic rings. The summed E-state index contributed by atoms with van der Waals surface area (Å²) in [5, 5.41) is 3.14. The summed E-state index contributed by atoms with van der Waals surface area (Å²) in [6.45, 7) is 10.3. The van der Waals surface area contributed by atoms with Gasteiger partial charge in [-0.25, -0.2) is 0 Å². The molecule has 0 aromatic heterocycles. The highest BCUT2D eigenvalue weighted by molar-refractivity contribution is 5.96. The van der Waals surface area contributed by atoms with Gasteiger partial charge in [-0.3, -0.25) is 9.69 Å². The van der Waals surface area contributed by atoms with Crippen molar-refractivity contribution in [1.29, 1.82) is 0 Å². The molecule has 2 rings (SSSR count). The Bertz CT molecular complexity index is 479. The summed E-state index contributed by atoms with van der Waals surface area (Å²) in [5.74, 6) is 0.118. The number of nitrogens with one attached hydrogen (secondary N) is 1. The molecule has 3 nitrogen and oxygen atoms in total. The van der Waals surface area contributed by atoms with Crippen LogP contribution in [0.1, 0.15) is 49.3 Å². The number of aryl methyl sites for hydroxylation is 3. The zero-order valence-electron chi connectivity index (χ0n) is 13.8. The second-order valence-electron chi connectivity index (χ2n) is 6.39. The van der Waals surface area contributed by atoms with E-state index in [4.69, 9.17) is 0 Å². The number of amides is 1. The summed E-state index contributed by atoms with van der Waals surface area (Å²) in [6, 6.07) is 4.20. The van der Waals surface area contributed by atoms with Gasteiger partial charge in [0, 0.05) is 5.69 Å². The van der Waals surface area contributed by atoms with Gasteiger partial charge in [-0.1, -0.05) is 30.5 Å². The lowest BCUT2D eigenvalue weighted by molar-refractivity contribution is -0.120. The van der Waals surface area contributed by atoms with Gasteiger partial charge in [-0.05, 0) is 64.8 Å². The van der Waals surface area contributed by atoms with E-state index >= 15 is 0 Å². The fourth-order valence-corrected chi connectivity index (χ4v) is 3.25. The van der Waals surface area contributed by atoms with Crippen LogP contribution in [0.25, 0.3) is 0 Å². The first kappa shape index (κ1) is 16.0. The van der Waals surface area contributed by atoms with E-state index in [0.29, 0.717) is 0 Å². The Hall–Kier alpha value is -1.35. The van der Waals surface area contributed by atoms with E-state index in [1.165, 1.54) is 31.2 Å². The average molecular weight is 288 g/mol. The predicted molar refractivity (Wildman–Crippen MR) is 88.8 cm³/mol. The molecule has 0 aliphatic carbocycles. The molecule has 1 aliphatic heterocycles. The van der Waals surface area contributed by atoms with Gasteiger partial charge in [-0.15, -0.1) is 0 Å². The normalized spacial score (nSPS) is 18.1. The van der Waals surface area contributed by atoms with Crippen LogP contribution in [0, 0.1) is 20.8 Å². The topological polar surface area (TPSA) is 32.3 Å². The molecule has 116 valence electrons. The molecule has 1 aliphatic rings. The molecule has 1 heterocycles. The van der Waals surface area contributed by atoms with Gasteiger partial charge in [0.1, 0.15) is 0 Å². The Kier molecular flexibility index (Phi) is 5.40.